The lowest BCUT2D eigenvalue weighted by Crippen LogP contribution is -2.20. The number of imidazole rings is 1. The number of anilines is 3. The van der Waals surface area contributed by atoms with Gasteiger partial charge in [-0.05, 0) is 30.3 Å². The van der Waals surface area contributed by atoms with Crippen LogP contribution >= 0.6 is 0 Å². The van der Waals surface area contributed by atoms with Gasteiger partial charge in [-0.25, -0.2) is 9.78 Å². The Morgan fingerprint density at radius 1 is 1.22 bits per heavy atom. The molecule has 0 unspecified atom stereocenters. The van der Waals surface area contributed by atoms with E-state index in [0.717, 1.165) is 23.3 Å². The highest BCUT2D eigenvalue weighted by atomic mass is 16.5. The number of methoxy groups -OCH3 is 1. The Bertz CT molecular complexity index is 1330. The second-order valence-corrected chi connectivity index (χ2v) is 7.26. The fourth-order valence-corrected chi connectivity index (χ4v) is 3.66. The van der Waals surface area contributed by atoms with Crippen molar-refractivity contribution in [2.24, 2.45) is 0 Å². The van der Waals surface area contributed by atoms with Crippen LogP contribution in [0, 0.1) is 0 Å². The fourth-order valence-electron chi connectivity index (χ4n) is 3.66. The molecule has 0 atom stereocenters. The molecule has 8 nitrogen and oxygen atoms in total. The third kappa shape index (κ3) is 4.20. The number of para-hydroxylation sites is 1. The van der Waals surface area contributed by atoms with Gasteiger partial charge in [-0.3, -0.25) is 4.79 Å². The number of hydrogen-bond donors (Lipinski definition) is 1. The predicted molar refractivity (Wildman–Crippen MR) is 124 cm³/mol. The Labute approximate surface area is 185 Å². The molecule has 4 rings (SSSR count). The number of nitrogens with one attached hydrogen (secondary N) is 1. The van der Waals surface area contributed by atoms with Crippen molar-refractivity contribution in [3.05, 3.63) is 77.2 Å². The minimum absolute atomic E-state index is 0.150. The molecule has 2 aromatic carbocycles. The number of amides is 1. The molecule has 0 spiro atoms. The molecule has 0 radical (unpaired) electrons. The largest absolute Gasteiger partial charge is 0.495 e. The first-order valence-corrected chi connectivity index (χ1v) is 10.2. The molecule has 0 aliphatic heterocycles. The maximum absolute atomic E-state index is 12.7. The summed E-state index contributed by atoms with van der Waals surface area (Å²) in [5, 5.41) is 3.74. The van der Waals surface area contributed by atoms with Gasteiger partial charge in [0.2, 0.25) is 5.91 Å². The van der Waals surface area contributed by atoms with Gasteiger partial charge in [0.15, 0.2) is 0 Å². The molecule has 0 saturated carbocycles. The molecule has 2 aromatic heterocycles. The summed E-state index contributed by atoms with van der Waals surface area (Å²) in [4.78, 5) is 30.9. The summed E-state index contributed by atoms with van der Waals surface area (Å²) in [5.41, 5.74) is 2.09. The van der Waals surface area contributed by atoms with Gasteiger partial charge >= 0.3 is 5.63 Å². The molecule has 0 aliphatic rings. The van der Waals surface area contributed by atoms with Gasteiger partial charge < -0.3 is 23.9 Å². The van der Waals surface area contributed by atoms with Crippen LogP contribution in [-0.2, 0) is 17.8 Å². The Morgan fingerprint density at radius 2 is 2.03 bits per heavy atom. The van der Waals surface area contributed by atoms with Gasteiger partial charge in [0.05, 0.1) is 18.5 Å². The third-order valence-corrected chi connectivity index (χ3v) is 5.27. The first-order valence-electron chi connectivity index (χ1n) is 10.2. The molecule has 0 bridgehead atoms. The van der Waals surface area contributed by atoms with Crippen molar-refractivity contribution in [1.82, 2.24) is 9.55 Å². The first-order chi connectivity index (χ1) is 15.5. The second kappa shape index (κ2) is 8.97. The van der Waals surface area contributed by atoms with Crippen LogP contribution in [-0.4, -0.2) is 29.6 Å². The van der Waals surface area contributed by atoms with Crippen molar-refractivity contribution in [1.29, 1.82) is 0 Å². The number of carbonyl (C=O) groups excluding carboxylic acids is 1. The topological polar surface area (TPSA) is 89.6 Å². The highest BCUT2D eigenvalue weighted by Crippen LogP contribution is 2.34. The second-order valence-electron chi connectivity index (χ2n) is 7.26. The van der Waals surface area contributed by atoms with E-state index in [1.54, 1.807) is 31.6 Å². The Balaban J connectivity index is 1.65. The molecular formula is C24H24N4O4. The number of hydrogen-bond acceptors (Lipinski definition) is 6. The van der Waals surface area contributed by atoms with Crippen molar-refractivity contribution in [2.75, 3.05) is 24.4 Å². The number of benzene rings is 2. The van der Waals surface area contributed by atoms with Crippen molar-refractivity contribution >= 4 is 33.9 Å². The number of carbonyl (C=O) groups is 1. The molecule has 1 N–H and O–H groups in total. The van der Waals surface area contributed by atoms with E-state index < -0.39 is 5.63 Å². The maximum Gasteiger partial charge on any atom is 0.338 e. The molecule has 164 valence electrons. The Kier molecular flexibility index (Phi) is 5.93. The SMILES string of the molecule is CCc1nccn1CC(=O)Nc1cc(N(C)c2cc(=O)oc3ccccc23)ccc1OC. The lowest BCUT2D eigenvalue weighted by Gasteiger charge is -2.22. The minimum Gasteiger partial charge on any atom is -0.495 e. The van der Waals surface area contributed by atoms with Gasteiger partial charge in [0.1, 0.15) is 23.7 Å². The standard InChI is InChI=1S/C24H24N4O4/c1-4-22-25-11-12-28(22)15-23(29)26-18-13-16(9-10-21(18)31-3)27(2)19-14-24(30)32-20-8-6-5-7-17(19)20/h5-14H,4,15H2,1-3H3,(H,26,29). The monoisotopic (exact) mass is 432 g/mol. The van der Waals surface area contributed by atoms with Crippen molar-refractivity contribution in [3.63, 3.8) is 0 Å². The number of ether oxygens (including phenoxy) is 1. The van der Waals surface area contributed by atoms with Gasteiger partial charge in [-0.2, -0.15) is 0 Å². The number of aryl methyl sites for hydroxylation is 1. The highest BCUT2D eigenvalue weighted by molar-refractivity contribution is 5.95. The van der Waals surface area contributed by atoms with E-state index >= 15 is 0 Å². The van der Waals surface area contributed by atoms with E-state index in [9.17, 15) is 9.59 Å². The van der Waals surface area contributed by atoms with Crippen LogP contribution in [0.15, 0.2) is 70.1 Å². The number of rotatable bonds is 7. The van der Waals surface area contributed by atoms with E-state index in [4.69, 9.17) is 9.15 Å². The Morgan fingerprint density at radius 3 is 2.81 bits per heavy atom. The molecule has 32 heavy (non-hydrogen) atoms. The quantitative estimate of drug-likeness (QED) is 0.445. The van der Waals surface area contributed by atoms with Crippen LogP contribution in [0.25, 0.3) is 11.0 Å². The van der Waals surface area contributed by atoms with E-state index in [1.165, 1.54) is 6.07 Å². The van der Waals surface area contributed by atoms with E-state index in [-0.39, 0.29) is 12.5 Å². The number of fused-ring (bicyclic) bond motifs is 1. The van der Waals surface area contributed by atoms with E-state index in [0.29, 0.717) is 22.7 Å². The summed E-state index contributed by atoms with van der Waals surface area (Å²) < 4.78 is 12.6. The van der Waals surface area contributed by atoms with E-state index in [1.807, 2.05) is 53.8 Å². The molecule has 1 amide bonds. The van der Waals surface area contributed by atoms with Crippen LogP contribution in [0.5, 0.6) is 5.75 Å². The zero-order valence-corrected chi connectivity index (χ0v) is 18.2. The molecule has 0 aliphatic carbocycles. The number of aromatic nitrogens is 2. The van der Waals surface area contributed by atoms with Crippen LogP contribution in [0.4, 0.5) is 17.1 Å². The molecule has 0 fully saturated rings. The van der Waals surface area contributed by atoms with Crippen LogP contribution in [0.3, 0.4) is 0 Å². The smallest absolute Gasteiger partial charge is 0.338 e. The predicted octanol–water partition coefficient (Wildman–Crippen LogP) is 3.97. The first kappa shape index (κ1) is 21.2. The van der Waals surface area contributed by atoms with Gasteiger partial charge in [0, 0.05) is 43.0 Å². The lowest BCUT2D eigenvalue weighted by molar-refractivity contribution is -0.116. The summed E-state index contributed by atoms with van der Waals surface area (Å²) in [6.07, 6.45) is 4.21. The van der Waals surface area contributed by atoms with Crippen molar-refractivity contribution in [2.45, 2.75) is 19.9 Å². The average molecular weight is 432 g/mol. The minimum atomic E-state index is -0.431. The maximum atomic E-state index is 12.7. The zero-order chi connectivity index (χ0) is 22.7. The lowest BCUT2D eigenvalue weighted by atomic mass is 10.1. The van der Waals surface area contributed by atoms with Crippen LogP contribution in [0.2, 0.25) is 0 Å². The molecular weight excluding hydrogens is 408 g/mol. The van der Waals surface area contributed by atoms with Gasteiger partial charge in [-0.1, -0.05) is 19.1 Å². The molecule has 4 aromatic rings. The summed E-state index contributed by atoms with van der Waals surface area (Å²) in [5.74, 6) is 1.19. The molecule has 8 heteroatoms. The third-order valence-electron chi connectivity index (χ3n) is 5.27. The summed E-state index contributed by atoms with van der Waals surface area (Å²) in [7, 11) is 3.41. The van der Waals surface area contributed by atoms with Crippen molar-refractivity contribution < 1.29 is 13.9 Å². The fraction of sp³-hybridized carbons (Fsp3) is 0.208. The van der Waals surface area contributed by atoms with Crippen LogP contribution < -0.4 is 20.6 Å². The summed E-state index contributed by atoms with van der Waals surface area (Å²) in [6.45, 7) is 2.14. The van der Waals surface area contributed by atoms with Gasteiger partial charge in [0.25, 0.3) is 0 Å². The summed E-state index contributed by atoms with van der Waals surface area (Å²) in [6, 6.07) is 14.3. The summed E-state index contributed by atoms with van der Waals surface area (Å²) >= 11 is 0. The van der Waals surface area contributed by atoms with Crippen molar-refractivity contribution in [3.8, 4) is 5.75 Å². The van der Waals surface area contributed by atoms with E-state index in [2.05, 4.69) is 10.3 Å². The molecule has 0 saturated heterocycles. The molecule has 2 heterocycles. The zero-order valence-electron chi connectivity index (χ0n) is 18.2. The Hall–Kier alpha value is -4.07. The normalized spacial score (nSPS) is 10.8. The highest BCUT2D eigenvalue weighted by Gasteiger charge is 2.15. The number of nitrogens with zero attached hydrogens (tertiary/aromatic N) is 3. The van der Waals surface area contributed by atoms with Crippen LogP contribution in [0.1, 0.15) is 12.7 Å². The van der Waals surface area contributed by atoms with Gasteiger partial charge in [-0.15, -0.1) is 0 Å². The average Bonchev–Trinajstić information content (AvgIpc) is 3.24.